The highest BCUT2D eigenvalue weighted by molar-refractivity contribution is 5.95. The predicted molar refractivity (Wildman–Crippen MR) is 127 cm³/mol. The Kier molecular flexibility index (Phi) is 6.03. The minimum Gasteiger partial charge on any atom is -0.461 e. The zero-order valence-corrected chi connectivity index (χ0v) is 19.0. The van der Waals surface area contributed by atoms with Crippen LogP contribution in [0.4, 0.5) is 0 Å². The third-order valence-electron chi connectivity index (χ3n) is 7.08. The minimum atomic E-state index is 0.0800. The average molecular weight is 433 g/mol. The van der Waals surface area contributed by atoms with Gasteiger partial charge in [0.1, 0.15) is 11.3 Å². The Morgan fingerprint density at radius 1 is 0.938 bits per heavy atom. The van der Waals surface area contributed by atoms with Crippen molar-refractivity contribution < 1.29 is 13.9 Å². The van der Waals surface area contributed by atoms with Crippen LogP contribution >= 0.6 is 0 Å². The molecule has 1 amide bonds. The number of carbonyl (C=O) groups excluding carboxylic acids is 1. The quantitative estimate of drug-likeness (QED) is 0.570. The van der Waals surface area contributed by atoms with Gasteiger partial charge >= 0.3 is 0 Å². The lowest BCUT2D eigenvalue weighted by molar-refractivity contribution is 0.0303. The van der Waals surface area contributed by atoms with Gasteiger partial charge in [0, 0.05) is 49.1 Å². The van der Waals surface area contributed by atoms with Crippen LogP contribution in [0.1, 0.15) is 42.8 Å². The molecule has 3 aromatic rings. The molecule has 5 heteroatoms. The van der Waals surface area contributed by atoms with E-state index in [1.807, 2.05) is 29.2 Å². The summed E-state index contributed by atoms with van der Waals surface area (Å²) in [5, 5.41) is 1.13. The SMILES string of the molecule is CC1CCC(C)N1CCc1cc2cc(-c3ccc(C(=O)N4CCOCC4)cc3)ccc2o1. The number of amides is 1. The van der Waals surface area contributed by atoms with Crippen LogP contribution in [0, 0.1) is 0 Å². The van der Waals surface area contributed by atoms with Gasteiger partial charge in [-0.15, -0.1) is 0 Å². The van der Waals surface area contributed by atoms with Gasteiger partial charge in [-0.05, 0) is 68.1 Å². The van der Waals surface area contributed by atoms with Gasteiger partial charge in [-0.2, -0.15) is 0 Å². The Balaban J connectivity index is 1.28. The van der Waals surface area contributed by atoms with Crippen molar-refractivity contribution in [2.24, 2.45) is 0 Å². The highest BCUT2D eigenvalue weighted by atomic mass is 16.5. The van der Waals surface area contributed by atoms with E-state index in [9.17, 15) is 4.79 Å². The fourth-order valence-electron chi connectivity index (χ4n) is 5.08. The molecule has 0 aliphatic carbocycles. The van der Waals surface area contributed by atoms with Crippen LogP contribution in [0.5, 0.6) is 0 Å². The topological polar surface area (TPSA) is 45.9 Å². The van der Waals surface area contributed by atoms with Crippen LogP contribution in [-0.4, -0.2) is 60.6 Å². The van der Waals surface area contributed by atoms with Crippen LogP contribution in [0.3, 0.4) is 0 Å². The van der Waals surface area contributed by atoms with E-state index in [0.29, 0.717) is 38.4 Å². The van der Waals surface area contributed by atoms with Crippen molar-refractivity contribution in [2.45, 2.75) is 45.2 Å². The molecule has 0 saturated carbocycles. The van der Waals surface area contributed by atoms with Gasteiger partial charge in [0.05, 0.1) is 13.2 Å². The van der Waals surface area contributed by atoms with Gasteiger partial charge in [-0.1, -0.05) is 18.2 Å². The van der Waals surface area contributed by atoms with Crippen molar-refractivity contribution in [1.82, 2.24) is 9.80 Å². The maximum absolute atomic E-state index is 12.7. The first kappa shape index (κ1) is 21.2. The molecule has 1 aromatic heterocycles. The number of fused-ring (bicyclic) bond motifs is 1. The molecule has 2 aromatic carbocycles. The van der Waals surface area contributed by atoms with Gasteiger partial charge in [0.2, 0.25) is 0 Å². The molecule has 0 N–H and O–H groups in total. The summed E-state index contributed by atoms with van der Waals surface area (Å²) in [5.74, 6) is 1.13. The molecule has 2 atom stereocenters. The molecule has 2 saturated heterocycles. The van der Waals surface area contributed by atoms with E-state index < -0.39 is 0 Å². The lowest BCUT2D eigenvalue weighted by Gasteiger charge is -2.26. The first-order chi connectivity index (χ1) is 15.6. The summed E-state index contributed by atoms with van der Waals surface area (Å²) < 4.78 is 11.5. The van der Waals surface area contributed by atoms with Gasteiger partial charge < -0.3 is 14.1 Å². The number of nitrogens with zero attached hydrogens (tertiary/aromatic N) is 2. The highest BCUT2D eigenvalue weighted by Gasteiger charge is 2.26. The monoisotopic (exact) mass is 432 g/mol. The van der Waals surface area contributed by atoms with Gasteiger partial charge in [-0.25, -0.2) is 0 Å². The lowest BCUT2D eigenvalue weighted by atomic mass is 10.0. The fraction of sp³-hybridized carbons (Fsp3) is 0.444. The van der Waals surface area contributed by atoms with Gasteiger partial charge in [0.15, 0.2) is 0 Å². The molecule has 2 unspecified atom stereocenters. The molecule has 168 valence electrons. The smallest absolute Gasteiger partial charge is 0.254 e. The van der Waals surface area contributed by atoms with E-state index in [1.54, 1.807) is 0 Å². The summed E-state index contributed by atoms with van der Waals surface area (Å²) in [5.41, 5.74) is 3.91. The average Bonchev–Trinajstić information content (AvgIpc) is 3.39. The first-order valence-electron chi connectivity index (χ1n) is 11.8. The van der Waals surface area contributed by atoms with Crippen LogP contribution in [-0.2, 0) is 11.2 Å². The van der Waals surface area contributed by atoms with Crippen LogP contribution in [0.15, 0.2) is 52.9 Å². The number of benzene rings is 2. The normalized spacial score (nSPS) is 22.0. The lowest BCUT2D eigenvalue weighted by Crippen LogP contribution is -2.40. The van der Waals surface area contributed by atoms with Crippen molar-refractivity contribution in [3.8, 4) is 11.1 Å². The second-order valence-electron chi connectivity index (χ2n) is 9.21. The van der Waals surface area contributed by atoms with Crippen molar-refractivity contribution >= 4 is 16.9 Å². The summed E-state index contributed by atoms with van der Waals surface area (Å²) in [6, 6.07) is 17.8. The molecule has 32 heavy (non-hydrogen) atoms. The summed E-state index contributed by atoms with van der Waals surface area (Å²) in [6.45, 7) is 8.26. The Labute approximate surface area is 189 Å². The summed E-state index contributed by atoms with van der Waals surface area (Å²) in [4.78, 5) is 17.1. The van der Waals surface area contributed by atoms with E-state index in [4.69, 9.17) is 9.15 Å². The van der Waals surface area contributed by atoms with E-state index in [-0.39, 0.29) is 5.91 Å². The Morgan fingerprint density at radius 2 is 1.62 bits per heavy atom. The molecule has 3 heterocycles. The largest absolute Gasteiger partial charge is 0.461 e. The number of hydrogen-bond acceptors (Lipinski definition) is 4. The Bertz CT molecular complexity index is 1070. The molecule has 2 aliphatic rings. The van der Waals surface area contributed by atoms with Crippen molar-refractivity contribution in [2.75, 3.05) is 32.8 Å². The maximum atomic E-state index is 12.7. The molecular weight excluding hydrogens is 400 g/mol. The second kappa shape index (κ2) is 9.08. The zero-order valence-electron chi connectivity index (χ0n) is 19.0. The predicted octanol–water partition coefficient (Wildman–Crippen LogP) is 4.99. The highest BCUT2D eigenvalue weighted by Crippen LogP contribution is 2.29. The first-order valence-corrected chi connectivity index (χ1v) is 11.8. The molecule has 0 radical (unpaired) electrons. The molecular formula is C27H32N2O3. The van der Waals surface area contributed by atoms with E-state index in [0.717, 1.165) is 46.4 Å². The molecule has 0 spiro atoms. The fourth-order valence-corrected chi connectivity index (χ4v) is 5.08. The zero-order chi connectivity index (χ0) is 22.1. The Hall–Kier alpha value is -2.63. The molecule has 5 nitrogen and oxygen atoms in total. The van der Waals surface area contributed by atoms with Gasteiger partial charge in [0.25, 0.3) is 5.91 Å². The number of furan rings is 1. The number of likely N-dealkylation sites (tertiary alicyclic amines) is 1. The van der Waals surface area contributed by atoms with E-state index in [1.165, 1.54) is 12.8 Å². The molecule has 0 bridgehead atoms. The number of ether oxygens (including phenoxy) is 1. The van der Waals surface area contributed by atoms with Crippen molar-refractivity contribution in [3.05, 3.63) is 59.9 Å². The summed E-state index contributed by atoms with van der Waals surface area (Å²) >= 11 is 0. The third kappa shape index (κ3) is 4.32. The van der Waals surface area contributed by atoms with Gasteiger partial charge in [-0.3, -0.25) is 9.69 Å². The van der Waals surface area contributed by atoms with E-state index >= 15 is 0 Å². The second-order valence-corrected chi connectivity index (χ2v) is 9.21. The minimum absolute atomic E-state index is 0.0800. The van der Waals surface area contributed by atoms with Crippen LogP contribution in [0.25, 0.3) is 22.1 Å². The summed E-state index contributed by atoms with van der Waals surface area (Å²) in [7, 11) is 0. The Morgan fingerprint density at radius 3 is 2.34 bits per heavy atom. The van der Waals surface area contributed by atoms with Crippen LogP contribution in [0.2, 0.25) is 0 Å². The number of carbonyl (C=O) groups is 1. The molecule has 2 aliphatic heterocycles. The van der Waals surface area contributed by atoms with Crippen molar-refractivity contribution in [3.63, 3.8) is 0 Å². The maximum Gasteiger partial charge on any atom is 0.254 e. The van der Waals surface area contributed by atoms with Crippen molar-refractivity contribution in [1.29, 1.82) is 0 Å². The van der Waals surface area contributed by atoms with E-state index in [2.05, 4.69) is 43.0 Å². The molecule has 5 rings (SSSR count). The number of hydrogen-bond donors (Lipinski definition) is 0. The number of morpholine rings is 1. The third-order valence-corrected chi connectivity index (χ3v) is 7.08. The molecule has 2 fully saturated rings. The standard InChI is InChI=1S/C27H32N2O3/c1-19-3-4-20(2)29(19)12-11-25-18-24-17-23(9-10-26(24)32-25)21-5-7-22(8-6-21)27(30)28-13-15-31-16-14-28/h5-10,17-20H,3-4,11-16H2,1-2H3. The number of rotatable bonds is 5. The summed E-state index contributed by atoms with van der Waals surface area (Å²) in [6.07, 6.45) is 3.53. The van der Waals surface area contributed by atoms with Crippen LogP contribution < -0.4 is 0 Å².